The first-order valence-electron chi connectivity index (χ1n) is 7.44. The maximum absolute atomic E-state index is 11.6. The van der Waals surface area contributed by atoms with Gasteiger partial charge in [0.05, 0.1) is 30.8 Å². The molecule has 1 saturated heterocycles. The van der Waals surface area contributed by atoms with Crippen molar-refractivity contribution in [1.82, 2.24) is 0 Å². The summed E-state index contributed by atoms with van der Waals surface area (Å²) in [6.45, 7) is 5.97. The second kappa shape index (κ2) is 6.74. The van der Waals surface area contributed by atoms with Gasteiger partial charge >= 0.3 is 11.7 Å². The molecule has 132 valence electrons. The van der Waals surface area contributed by atoms with Gasteiger partial charge in [0.15, 0.2) is 18.1 Å². The minimum absolute atomic E-state index is 0.0406. The van der Waals surface area contributed by atoms with Crippen LogP contribution >= 0.6 is 0 Å². The number of para-hydroxylation sites is 1. The highest BCUT2D eigenvalue weighted by Crippen LogP contribution is 2.43. The Bertz CT molecular complexity index is 631. The molecule has 8 heteroatoms. The Balaban J connectivity index is 2.36. The zero-order valence-corrected chi connectivity index (χ0v) is 14.2. The van der Waals surface area contributed by atoms with Crippen LogP contribution in [-0.4, -0.2) is 37.8 Å². The zero-order valence-electron chi connectivity index (χ0n) is 14.2. The van der Waals surface area contributed by atoms with Gasteiger partial charge in [0.1, 0.15) is 0 Å². The van der Waals surface area contributed by atoms with Gasteiger partial charge < -0.3 is 18.9 Å². The van der Waals surface area contributed by atoms with E-state index in [2.05, 4.69) is 4.74 Å². The van der Waals surface area contributed by atoms with E-state index >= 15 is 0 Å². The number of hydrogen-bond acceptors (Lipinski definition) is 7. The van der Waals surface area contributed by atoms with Gasteiger partial charge in [0, 0.05) is 5.41 Å². The number of nitro groups is 1. The fraction of sp³-hybridized carbons (Fsp3) is 0.562. The molecule has 0 bridgehead atoms. The van der Waals surface area contributed by atoms with Crippen LogP contribution in [0.25, 0.3) is 0 Å². The summed E-state index contributed by atoms with van der Waals surface area (Å²) in [4.78, 5) is 22.2. The highest BCUT2D eigenvalue weighted by atomic mass is 16.7. The van der Waals surface area contributed by atoms with Crippen LogP contribution in [0.4, 0.5) is 5.69 Å². The number of ether oxygens (including phenoxy) is 4. The van der Waals surface area contributed by atoms with Crippen molar-refractivity contribution in [2.75, 3.05) is 26.9 Å². The van der Waals surface area contributed by atoms with E-state index in [1.165, 1.54) is 13.2 Å². The predicted molar refractivity (Wildman–Crippen MR) is 83.6 cm³/mol. The van der Waals surface area contributed by atoms with Crippen LogP contribution in [0.2, 0.25) is 0 Å². The molecular weight excluding hydrogens is 318 g/mol. The molecule has 1 fully saturated rings. The molecule has 2 rings (SSSR count). The second-order valence-corrected chi connectivity index (χ2v) is 6.46. The monoisotopic (exact) mass is 339 g/mol. The van der Waals surface area contributed by atoms with Crippen molar-refractivity contribution in [2.24, 2.45) is 5.41 Å². The lowest BCUT2D eigenvalue weighted by molar-refractivity contribution is -0.391. The molecule has 0 radical (unpaired) electrons. The highest BCUT2D eigenvalue weighted by molar-refractivity contribution is 5.71. The molecule has 0 amide bonds. The van der Waals surface area contributed by atoms with Crippen molar-refractivity contribution in [3.63, 3.8) is 0 Å². The summed E-state index contributed by atoms with van der Waals surface area (Å²) in [5.41, 5.74) is -0.221. The lowest BCUT2D eigenvalue weighted by Gasteiger charge is -2.41. The first-order chi connectivity index (χ1) is 11.2. The molecule has 0 N–H and O–H groups in total. The molecule has 0 spiro atoms. The third-order valence-corrected chi connectivity index (χ3v) is 3.72. The normalized spacial score (nSPS) is 18.7. The SMILES string of the molecule is COC(=O)COc1cccc(C2(C)OCC(C)(C)CO2)c1[N+](=O)[O-]. The smallest absolute Gasteiger partial charge is 0.343 e. The maximum atomic E-state index is 11.6. The van der Waals surface area contributed by atoms with E-state index in [1.807, 2.05) is 13.8 Å². The quantitative estimate of drug-likeness (QED) is 0.461. The molecule has 1 aliphatic heterocycles. The third-order valence-electron chi connectivity index (χ3n) is 3.72. The standard InChI is InChI=1S/C16H21NO7/c1-15(2)9-23-16(3,24-10-15)11-6-5-7-12(14(11)17(19)20)22-8-13(18)21-4/h5-7H,8-10H2,1-4H3. The third kappa shape index (κ3) is 3.82. The minimum atomic E-state index is -1.26. The lowest BCUT2D eigenvalue weighted by atomic mass is 9.93. The predicted octanol–water partition coefficient (Wildman–Crippen LogP) is 2.39. The van der Waals surface area contributed by atoms with E-state index in [-0.39, 0.29) is 22.4 Å². The topological polar surface area (TPSA) is 97.1 Å². The van der Waals surface area contributed by atoms with Gasteiger partial charge in [-0.3, -0.25) is 10.1 Å². The Morgan fingerprint density at radius 2 is 1.92 bits per heavy atom. The van der Waals surface area contributed by atoms with E-state index < -0.39 is 23.3 Å². The van der Waals surface area contributed by atoms with Crippen LogP contribution < -0.4 is 4.74 Å². The Morgan fingerprint density at radius 1 is 1.29 bits per heavy atom. The van der Waals surface area contributed by atoms with Crippen molar-refractivity contribution < 1.29 is 28.7 Å². The molecular formula is C16H21NO7. The fourth-order valence-electron chi connectivity index (χ4n) is 2.29. The van der Waals surface area contributed by atoms with Crippen molar-refractivity contribution in [2.45, 2.75) is 26.6 Å². The summed E-state index contributed by atoms with van der Waals surface area (Å²) < 4.78 is 21.3. The van der Waals surface area contributed by atoms with Crippen LogP contribution in [-0.2, 0) is 24.8 Å². The minimum Gasteiger partial charge on any atom is -0.475 e. The Morgan fingerprint density at radius 3 is 2.46 bits per heavy atom. The van der Waals surface area contributed by atoms with Gasteiger partial charge in [-0.25, -0.2) is 4.79 Å². The van der Waals surface area contributed by atoms with E-state index in [9.17, 15) is 14.9 Å². The number of methoxy groups -OCH3 is 1. The zero-order chi connectivity index (χ0) is 18.0. The summed E-state index contributed by atoms with van der Waals surface area (Å²) in [7, 11) is 1.21. The molecule has 0 saturated carbocycles. The summed E-state index contributed by atoms with van der Waals surface area (Å²) in [6, 6.07) is 4.56. The molecule has 0 atom stereocenters. The number of carbonyl (C=O) groups is 1. The number of nitrogens with zero attached hydrogens (tertiary/aromatic N) is 1. The summed E-state index contributed by atoms with van der Waals surface area (Å²) in [5.74, 6) is -1.93. The molecule has 0 aliphatic carbocycles. The van der Waals surface area contributed by atoms with Crippen LogP contribution in [0, 0.1) is 15.5 Å². The molecule has 1 aliphatic rings. The molecule has 24 heavy (non-hydrogen) atoms. The van der Waals surface area contributed by atoms with Crippen LogP contribution in [0.5, 0.6) is 5.75 Å². The number of hydrogen-bond donors (Lipinski definition) is 0. The molecule has 1 heterocycles. The average Bonchev–Trinajstić information content (AvgIpc) is 2.55. The first kappa shape index (κ1) is 18.2. The molecule has 0 aromatic heterocycles. The Labute approximate surface area is 139 Å². The number of benzene rings is 1. The van der Waals surface area contributed by atoms with Crippen molar-refractivity contribution in [3.05, 3.63) is 33.9 Å². The van der Waals surface area contributed by atoms with Gasteiger partial charge in [-0.1, -0.05) is 19.9 Å². The van der Waals surface area contributed by atoms with Crippen molar-refractivity contribution in [1.29, 1.82) is 0 Å². The Hall–Kier alpha value is -2.19. The fourth-order valence-corrected chi connectivity index (χ4v) is 2.29. The van der Waals surface area contributed by atoms with Crippen molar-refractivity contribution in [3.8, 4) is 5.75 Å². The molecule has 0 unspecified atom stereocenters. The maximum Gasteiger partial charge on any atom is 0.343 e. The van der Waals surface area contributed by atoms with Gasteiger partial charge in [0.25, 0.3) is 0 Å². The number of rotatable bonds is 5. The summed E-state index contributed by atoms with van der Waals surface area (Å²) in [5, 5.41) is 11.6. The van der Waals surface area contributed by atoms with E-state index in [4.69, 9.17) is 14.2 Å². The van der Waals surface area contributed by atoms with E-state index in [1.54, 1.807) is 19.1 Å². The second-order valence-electron chi connectivity index (χ2n) is 6.46. The van der Waals surface area contributed by atoms with E-state index in [0.29, 0.717) is 13.2 Å². The first-order valence-corrected chi connectivity index (χ1v) is 7.44. The van der Waals surface area contributed by atoms with Gasteiger partial charge in [-0.15, -0.1) is 0 Å². The number of nitro benzene ring substituents is 1. The van der Waals surface area contributed by atoms with Crippen LogP contribution in [0.3, 0.4) is 0 Å². The number of carbonyl (C=O) groups excluding carboxylic acids is 1. The summed E-state index contributed by atoms with van der Waals surface area (Å²) in [6.07, 6.45) is 0. The lowest BCUT2D eigenvalue weighted by Crippen LogP contribution is -2.44. The largest absolute Gasteiger partial charge is 0.475 e. The van der Waals surface area contributed by atoms with Gasteiger partial charge in [-0.2, -0.15) is 0 Å². The molecule has 1 aromatic carbocycles. The number of esters is 1. The molecule has 8 nitrogen and oxygen atoms in total. The van der Waals surface area contributed by atoms with Crippen LogP contribution in [0.15, 0.2) is 18.2 Å². The van der Waals surface area contributed by atoms with Crippen molar-refractivity contribution >= 4 is 11.7 Å². The highest BCUT2D eigenvalue weighted by Gasteiger charge is 2.43. The van der Waals surface area contributed by atoms with Gasteiger partial charge in [-0.05, 0) is 19.1 Å². The Kier molecular flexibility index (Phi) is 5.10. The van der Waals surface area contributed by atoms with Crippen LogP contribution in [0.1, 0.15) is 26.3 Å². The summed E-state index contributed by atoms with van der Waals surface area (Å²) >= 11 is 0. The van der Waals surface area contributed by atoms with E-state index in [0.717, 1.165) is 0 Å². The average molecular weight is 339 g/mol. The van der Waals surface area contributed by atoms with Gasteiger partial charge in [0.2, 0.25) is 0 Å². The molecule has 1 aromatic rings.